The molecule has 1 aromatic heterocycles. The lowest BCUT2D eigenvalue weighted by Crippen LogP contribution is -2.26. The number of nitrogens with two attached hydrogens (primary N) is 1. The minimum atomic E-state index is -4.65. The molecular formula is C13H11F3N2O. The molecule has 2 aromatic rings. The van der Waals surface area contributed by atoms with Crippen molar-refractivity contribution in [2.24, 2.45) is 0 Å². The van der Waals surface area contributed by atoms with Gasteiger partial charge < -0.3 is 5.73 Å². The van der Waals surface area contributed by atoms with Crippen LogP contribution in [-0.4, -0.2) is 4.57 Å². The molecule has 0 aliphatic carbocycles. The van der Waals surface area contributed by atoms with Gasteiger partial charge in [0.2, 0.25) is 0 Å². The number of alkyl halides is 3. The Kier molecular flexibility index (Phi) is 3.09. The van der Waals surface area contributed by atoms with Crippen molar-refractivity contribution in [1.29, 1.82) is 0 Å². The molecule has 0 amide bonds. The number of nitrogen functional groups attached to an aromatic ring is 1. The first-order valence-corrected chi connectivity index (χ1v) is 5.46. The second kappa shape index (κ2) is 4.46. The van der Waals surface area contributed by atoms with Crippen LogP contribution in [0.15, 0.2) is 41.2 Å². The van der Waals surface area contributed by atoms with E-state index in [4.69, 9.17) is 5.73 Å². The molecule has 0 bridgehead atoms. The van der Waals surface area contributed by atoms with Crippen LogP contribution >= 0.6 is 0 Å². The molecule has 0 spiro atoms. The number of pyridine rings is 1. The molecule has 2 N–H and O–H groups in total. The third-order valence-electron chi connectivity index (χ3n) is 2.61. The van der Waals surface area contributed by atoms with Crippen molar-refractivity contribution in [3.63, 3.8) is 0 Å². The molecule has 1 aromatic carbocycles. The first kappa shape index (κ1) is 13.2. The Hall–Kier alpha value is -2.24. The Morgan fingerprint density at radius 3 is 2.42 bits per heavy atom. The van der Waals surface area contributed by atoms with E-state index in [0.717, 1.165) is 17.7 Å². The summed E-state index contributed by atoms with van der Waals surface area (Å²) in [4.78, 5) is 11.8. The quantitative estimate of drug-likeness (QED) is 0.864. The summed E-state index contributed by atoms with van der Waals surface area (Å²) in [6.07, 6.45) is -4.65. The molecule has 0 radical (unpaired) electrons. The molecule has 0 unspecified atom stereocenters. The number of hydrogen-bond donors (Lipinski definition) is 1. The van der Waals surface area contributed by atoms with Gasteiger partial charge in [-0.2, -0.15) is 13.2 Å². The molecule has 0 aliphatic heterocycles. The molecule has 2 rings (SSSR count). The topological polar surface area (TPSA) is 48.0 Å². The number of halogens is 3. The molecule has 0 saturated heterocycles. The van der Waals surface area contributed by atoms with Crippen molar-refractivity contribution in [2.45, 2.75) is 13.1 Å². The van der Waals surface area contributed by atoms with Gasteiger partial charge in [-0.25, -0.2) is 0 Å². The highest BCUT2D eigenvalue weighted by Gasteiger charge is 2.35. The van der Waals surface area contributed by atoms with Crippen LogP contribution in [0.2, 0.25) is 0 Å². The van der Waals surface area contributed by atoms with E-state index in [9.17, 15) is 18.0 Å². The lowest BCUT2D eigenvalue weighted by atomic mass is 10.2. The fourth-order valence-electron chi connectivity index (χ4n) is 1.83. The van der Waals surface area contributed by atoms with Crippen LogP contribution in [0.3, 0.4) is 0 Å². The first-order chi connectivity index (χ1) is 8.79. The summed E-state index contributed by atoms with van der Waals surface area (Å²) in [6.45, 7) is 1.74. The first-order valence-electron chi connectivity index (χ1n) is 5.46. The van der Waals surface area contributed by atoms with E-state index in [1.807, 2.05) is 0 Å². The average Bonchev–Trinajstić information content (AvgIpc) is 2.26. The van der Waals surface area contributed by atoms with E-state index >= 15 is 0 Å². The van der Waals surface area contributed by atoms with Crippen molar-refractivity contribution in [1.82, 2.24) is 4.57 Å². The lowest BCUT2D eigenvalue weighted by Gasteiger charge is -2.16. The van der Waals surface area contributed by atoms with Crippen molar-refractivity contribution in [2.75, 3.05) is 5.73 Å². The highest BCUT2D eigenvalue weighted by molar-refractivity contribution is 5.44. The summed E-state index contributed by atoms with van der Waals surface area (Å²) >= 11 is 0. The summed E-state index contributed by atoms with van der Waals surface area (Å²) in [6, 6.07) is 8.00. The molecule has 3 nitrogen and oxygen atoms in total. The minimum Gasteiger partial charge on any atom is -0.399 e. The zero-order valence-corrected chi connectivity index (χ0v) is 10.0. The van der Waals surface area contributed by atoms with Crippen molar-refractivity contribution in [3.05, 3.63) is 58.0 Å². The normalized spacial score (nSPS) is 11.6. The molecule has 0 atom stereocenters. The fraction of sp³-hybridized carbons (Fsp3) is 0.154. The summed E-state index contributed by atoms with van der Waals surface area (Å²) in [5.74, 6) is 0. The van der Waals surface area contributed by atoms with Crippen molar-refractivity contribution in [3.8, 4) is 5.69 Å². The number of benzene rings is 1. The summed E-state index contributed by atoms with van der Waals surface area (Å²) in [5, 5.41) is 0. The van der Waals surface area contributed by atoms with Gasteiger partial charge in [-0.3, -0.25) is 9.36 Å². The Balaban J connectivity index is 2.79. The zero-order valence-electron chi connectivity index (χ0n) is 10.0. The monoisotopic (exact) mass is 268 g/mol. The van der Waals surface area contributed by atoms with Gasteiger partial charge in [0.15, 0.2) is 0 Å². The maximum absolute atomic E-state index is 13.0. The van der Waals surface area contributed by atoms with Gasteiger partial charge in [-0.15, -0.1) is 0 Å². The van der Waals surface area contributed by atoms with Crippen LogP contribution in [0.5, 0.6) is 0 Å². The van der Waals surface area contributed by atoms with Crippen LogP contribution in [0.1, 0.15) is 11.3 Å². The molecule has 0 fully saturated rings. The lowest BCUT2D eigenvalue weighted by molar-refractivity contribution is -0.142. The maximum Gasteiger partial charge on any atom is 0.431 e. The van der Waals surface area contributed by atoms with Crippen LogP contribution in [-0.2, 0) is 6.18 Å². The van der Waals surface area contributed by atoms with Gasteiger partial charge in [-0.05, 0) is 30.7 Å². The Morgan fingerprint density at radius 1 is 1.16 bits per heavy atom. The fourth-order valence-corrected chi connectivity index (χ4v) is 1.83. The van der Waals surface area contributed by atoms with E-state index < -0.39 is 17.4 Å². The smallest absolute Gasteiger partial charge is 0.399 e. The molecule has 6 heteroatoms. The van der Waals surface area contributed by atoms with Gasteiger partial charge in [0.25, 0.3) is 5.56 Å². The third-order valence-corrected chi connectivity index (χ3v) is 2.61. The highest BCUT2D eigenvalue weighted by atomic mass is 19.4. The minimum absolute atomic E-state index is 0.164. The van der Waals surface area contributed by atoms with Crippen LogP contribution in [0, 0.1) is 6.92 Å². The predicted octanol–water partition coefficient (Wildman–Crippen LogP) is 2.75. The Morgan fingerprint density at radius 2 is 1.84 bits per heavy atom. The Bertz CT molecular complexity index is 674. The largest absolute Gasteiger partial charge is 0.431 e. The standard InChI is InChI=1S/C13H11F3N2O/c1-8-3-2-4-10(5-8)18-11(13(14,15)16)6-9(17)7-12(18)19/h2-7H,17H2,1H3. The van der Waals surface area contributed by atoms with Crippen LogP contribution in [0.4, 0.5) is 18.9 Å². The number of hydrogen-bond acceptors (Lipinski definition) is 2. The van der Waals surface area contributed by atoms with Crippen molar-refractivity contribution >= 4 is 5.69 Å². The SMILES string of the molecule is Cc1cccc(-n2c(C(F)(F)F)cc(N)cc2=O)c1. The maximum atomic E-state index is 13.0. The predicted molar refractivity (Wildman–Crippen MR) is 66.2 cm³/mol. The third kappa shape index (κ3) is 2.62. The Labute approximate surface area is 107 Å². The van der Waals surface area contributed by atoms with E-state index in [1.54, 1.807) is 19.1 Å². The van der Waals surface area contributed by atoms with Crippen LogP contribution in [0.25, 0.3) is 5.69 Å². The number of aromatic nitrogens is 1. The second-order valence-corrected chi connectivity index (χ2v) is 4.18. The summed E-state index contributed by atoms with van der Waals surface area (Å²) < 4.78 is 39.6. The summed E-state index contributed by atoms with van der Waals surface area (Å²) in [5.41, 5.74) is 4.15. The molecule has 1 heterocycles. The number of aryl methyl sites for hydroxylation is 1. The van der Waals surface area contributed by atoms with Gasteiger partial charge in [0.1, 0.15) is 5.69 Å². The van der Waals surface area contributed by atoms with Gasteiger partial charge >= 0.3 is 6.18 Å². The van der Waals surface area contributed by atoms with E-state index in [0.29, 0.717) is 4.57 Å². The van der Waals surface area contributed by atoms with Crippen LogP contribution < -0.4 is 11.3 Å². The number of anilines is 1. The number of rotatable bonds is 1. The van der Waals surface area contributed by atoms with Crippen molar-refractivity contribution < 1.29 is 13.2 Å². The second-order valence-electron chi connectivity index (χ2n) is 4.18. The summed E-state index contributed by atoms with van der Waals surface area (Å²) in [7, 11) is 0. The zero-order chi connectivity index (χ0) is 14.2. The molecule has 19 heavy (non-hydrogen) atoms. The van der Waals surface area contributed by atoms with Gasteiger partial charge in [0, 0.05) is 17.4 Å². The average molecular weight is 268 g/mol. The van der Waals surface area contributed by atoms with E-state index in [2.05, 4.69) is 0 Å². The molecule has 0 saturated carbocycles. The van der Waals surface area contributed by atoms with Gasteiger partial charge in [0.05, 0.1) is 0 Å². The molecular weight excluding hydrogens is 257 g/mol. The number of nitrogens with zero attached hydrogens (tertiary/aromatic N) is 1. The molecule has 0 aliphatic rings. The van der Waals surface area contributed by atoms with E-state index in [1.165, 1.54) is 12.1 Å². The molecule has 100 valence electrons. The van der Waals surface area contributed by atoms with E-state index in [-0.39, 0.29) is 11.4 Å². The van der Waals surface area contributed by atoms with Gasteiger partial charge in [-0.1, -0.05) is 12.1 Å². The highest BCUT2D eigenvalue weighted by Crippen LogP contribution is 2.31.